The van der Waals surface area contributed by atoms with E-state index in [2.05, 4.69) is 0 Å². The van der Waals surface area contributed by atoms with E-state index in [1.165, 1.54) is 12.1 Å². The first kappa shape index (κ1) is 18.6. The molecule has 0 radical (unpaired) electrons. The van der Waals surface area contributed by atoms with E-state index in [9.17, 15) is 16.8 Å². The highest BCUT2D eigenvalue weighted by Gasteiger charge is 2.20. The molecule has 2 aromatic rings. The number of hydrogen-bond acceptors (Lipinski definition) is 5. The van der Waals surface area contributed by atoms with Crippen molar-refractivity contribution in [3.8, 4) is 0 Å². The van der Waals surface area contributed by atoms with E-state index in [0.29, 0.717) is 19.8 Å². The third kappa shape index (κ3) is 4.42. The van der Waals surface area contributed by atoms with Crippen LogP contribution in [0.2, 0.25) is 10.0 Å². The molecule has 0 fully saturated rings. The maximum absolute atomic E-state index is 12.0. The van der Waals surface area contributed by atoms with E-state index < -0.39 is 19.7 Å². The van der Waals surface area contributed by atoms with E-state index in [-0.39, 0.29) is 9.79 Å². The van der Waals surface area contributed by atoms with Gasteiger partial charge in [-0.2, -0.15) is 0 Å². The lowest BCUT2D eigenvalue weighted by molar-refractivity contribution is 0.598. The van der Waals surface area contributed by atoms with Crippen molar-refractivity contribution >= 4 is 54.6 Å². The summed E-state index contributed by atoms with van der Waals surface area (Å²) in [4.78, 5) is 0.719. The molecule has 0 N–H and O–H groups in total. The molecule has 0 spiro atoms. The van der Waals surface area contributed by atoms with Crippen LogP contribution in [0.4, 0.5) is 0 Å². The van der Waals surface area contributed by atoms with Crippen molar-refractivity contribution in [2.75, 3.05) is 12.5 Å². The summed E-state index contributed by atoms with van der Waals surface area (Å²) in [7, 11) is -7.15. The zero-order valence-electron chi connectivity index (χ0n) is 12.1. The number of rotatable bonds is 4. The van der Waals surface area contributed by atoms with Crippen LogP contribution in [0.1, 0.15) is 0 Å². The van der Waals surface area contributed by atoms with Gasteiger partial charge in [0.2, 0.25) is 0 Å². The van der Waals surface area contributed by atoms with E-state index >= 15 is 0 Å². The summed E-state index contributed by atoms with van der Waals surface area (Å²) in [5.41, 5.74) is 0. The first-order valence-corrected chi connectivity index (χ1v) is 11.5. The highest BCUT2D eigenvalue weighted by molar-refractivity contribution is 8.00. The molecule has 0 saturated carbocycles. The third-order valence-corrected chi connectivity index (χ3v) is 7.32. The molecule has 2 rings (SSSR count). The Morgan fingerprint density at radius 2 is 1.43 bits per heavy atom. The maximum Gasteiger partial charge on any atom is 0.176 e. The molecule has 0 aromatic heterocycles. The second kappa shape index (κ2) is 6.64. The van der Waals surface area contributed by atoms with Crippen LogP contribution in [0.25, 0.3) is 0 Å². The average Bonchev–Trinajstić information content (AvgIpc) is 2.41. The summed E-state index contributed by atoms with van der Waals surface area (Å²) in [5, 5.41) is 0.767. The van der Waals surface area contributed by atoms with Gasteiger partial charge in [-0.05, 0) is 30.3 Å². The zero-order valence-corrected chi connectivity index (χ0v) is 16.0. The summed E-state index contributed by atoms with van der Waals surface area (Å²) in [5.74, 6) is 0. The largest absolute Gasteiger partial charge is 0.224 e. The van der Waals surface area contributed by atoms with Crippen molar-refractivity contribution in [2.24, 2.45) is 0 Å². The van der Waals surface area contributed by atoms with Gasteiger partial charge in [-0.25, -0.2) is 16.8 Å². The molecule has 0 unspecified atom stereocenters. The predicted molar refractivity (Wildman–Crippen MR) is 93.2 cm³/mol. The number of hydrogen-bond donors (Lipinski definition) is 0. The van der Waals surface area contributed by atoms with Crippen LogP contribution in [0.15, 0.2) is 56.0 Å². The molecule has 2 aromatic carbocycles. The summed E-state index contributed by atoms with van der Waals surface area (Å²) in [6.07, 6.45) is 2.04. The third-order valence-electron chi connectivity index (χ3n) is 2.87. The molecule has 0 amide bonds. The smallest absolute Gasteiger partial charge is 0.176 e. The van der Waals surface area contributed by atoms with Gasteiger partial charge in [0.25, 0.3) is 0 Å². The quantitative estimate of drug-likeness (QED) is 0.762. The SMILES string of the molecule is CS(=O)(=O)c1ccc(Sc2c(Cl)cccc2Cl)c(S(C)(=O)=O)c1. The van der Waals surface area contributed by atoms with Crippen molar-refractivity contribution in [1.29, 1.82) is 0 Å². The van der Waals surface area contributed by atoms with Crippen LogP contribution in [0.5, 0.6) is 0 Å². The van der Waals surface area contributed by atoms with Gasteiger partial charge >= 0.3 is 0 Å². The minimum Gasteiger partial charge on any atom is -0.224 e. The molecule has 124 valence electrons. The molecule has 0 atom stereocenters. The topological polar surface area (TPSA) is 68.3 Å². The molecule has 0 bridgehead atoms. The van der Waals surface area contributed by atoms with Gasteiger partial charge in [0.15, 0.2) is 19.7 Å². The van der Waals surface area contributed by atoms with Gasteiger partial charge in [0, 0.05) is 22.3 Å². The molecule has 0 heterocycles. The summed E-state index contributed by atoms with van der Waals surface area (Å²) >= 11 is 13.3. The predicted octanol–water partition coefficient (Wildman–Crippen LogP) is 3.95. The normalized spacial score (nSPS) is 12.3. The molecular formula is C14H12Cl2O4S3. The molecule has 23 heavy (non-hydrogen) atoms. The number of sulfone groups is 2. The van der Waals surface area contributed by atoms with E-state index in [4.69, 9.17) is 23.2 Å². The van der Waals surface area contributed by atoms with Crippen LogP contribution < -0.4 is 0 Å². The molecule has 4 nitrogen and oxygen atoms in total. The molecular weight excluding hydrogens is 399 g/mol. The van der Waals surface area contributed by atoms with Crippen molar-refractivity contribution in [2.45, 2.75) is 19.6 Å². The Hall–Kier alpha value is -0.730. The second-order valence-corrected chi connectivity index (χ2v) is 10.7. The highest BCUT2D eigenvalue weighted by atomic mass is 35.5. The van der Waals surface area contributed by atoms with Gasteiger partial charge in [0.1, 0.15) is 0 Å². The lowest BCUT2D eigenvalue weighted by Gasteiger charge is -2.11. The summed E-state index contributed by atoms with van der Waals surface area (Å²) < 4.78 is 47.3. The van der Waals surface area contributed by atoms with Gasteiger partial charge in [0.05, 0.1) is 19.8 Å². The first-order valence-electron chi connectivity index (χ1n) is 6.16. The standard InChI is InChI=1S/C14H12Cl2O4S3/c1-22(17,18)9-6-7-12(13(8-9)23(2,19)20)21-14-10(15)4-3-5-11(14)16/h3-8H,1-2H3. The fraction of sp³-hybridized carbons (Fsp3) is 0.143. The van der Waals surface area contributed by atoms with E-state index in [1.54, 1.807) is 18.2 Å². The number of benzene rings is 2. The first-order chi connectivity index (χ1) is 10.5. The van der Waals surface area contributed by atoms with Crippen molar-refractivity contribution in [3.63, 3.8) is 0 Å². The lowest BCUT2D eigenvalue weighted by Crippen LogP contribution is -2.04. The minimum atomic E-state index is -3.63. The zero-order chi connectivity index (χ0) is 17.4. The van der Waals surface area contributed by atoms with E-state index in [0.717, 1.165) is 30.3 Å². The molecule has 0 aliphatic carbocycles. The van der Waals surface area contributed by atoms with Crippen molar-refractivity contribution < 1.29 is 16.8 Å². The Bertz CT molecular complexity index is 947. The fourth-order valence-corrected chi connectivity index (χ4v) is 5.33. The molecule has 9 heteroatoms. The van der Waals surface area contributed by atoms with Gasteiger partial charge in [-0.15, -0.1) is 0 Å². The van der Waals surface area contributed by atoms with Gasteiger partial charge < -0.3 is 0 Å². The lowest BCUT2D eigenvalue weighted by atomic mass is 10.3. The summed E-state index contributed by atoms with van der Waals surface area (Å²) in [6, 6.07) is 8.91. The average molecular weight is 411 g/mol. The van der Waals surface area contributed by atoms with Gasteiger partial charge in [-0.3, -0.25) is 0 Å². The molecule has 0 saturated heterocycles. The fourth-order valence-electron chi connectivity index (χ4n) is 1.78. The minimum absolute atomic E-state index is 0.0625. The Kier molecular flexibility index (Phi) is 5.37. The highest BCUT2D eigenvalue weighted by Crippen LogP contribution is 2.41. The van der Waals surface area contributed by atoms with Crippen molar-refractivity contribution in [1.82, 2.24) is 0 Å². The Morgan fingerprint density at radius 1 is 0.870 bits per heavy atom. The van der Waals surface area contributed by atoms with Crippen LogP contribution in [-0.2, 0) is 19.7 Å². The van der Waals surface area contributed by atoms with Crippen molar-refractivity contribution in [3.05, 3.63) is 46.4 Å². The Morgan fingerprint density at radius 3 is 1.91 bits per heavy atom. The summed E-state index contributed by atoms with van der Waals surface area (Å²) in [6.45, 7) is 0. The van der Waals surface area contributed by atoms with E-state index in [1.807, 2.05) is 0 Å². The van der Waals surface area contributed by atoms with Gasteiger partial charge in [-0.1, -0.05) is 41.0 Å². The number of halogens is 2. The van der Waals surface area contributed by atoms with Crippen LogP contribution in [-0.4, -0.2) is 29.3 Å². The molecule has 0 aliphatic rings. The second-order valence-electron chi connectivity index (χ2n) is 4.81. The monoisotopic (exact) mass is 410 g/mol. The Labute approximate surface area is 149 Å². The molecule has 0 aliphatic heterocycles. The van der Waals surface area contributed by atoms with Crippen LogP contribution in [0, 0.1) is 0 Å². The van der Waals surface area contributed by atoms with Crippen LogP contribution >= 0.6 is 35.0 Å². The maximum atomic E-state index is 12.0. The Balaban J connectivity index is 2.64. The van der Waals surface area contributed by atoms with Crippen LogP contribution in [0.3, 0.4) is 0 Å².